The fourth-order valence-corrected chi connectivity index (χ4v) is 3.07. The zero-order valence-electron chi connectivity index (χ0n) is 15.2. The number of hydrogen-bond donors (Lipinski definition) is 0. The SMILES string of the molecule is Cc1ccc(C(=O)COC(=O)CCN2C(=O)c3ccccc3C2=O)c(C)c1. The Morgan fingerprint density at radius 1 is 0.963 bits per heavy atom. The van der Waals surface area contributed by atoms with E-state index in [1.165, 1.54) is 0 Å². The first-order valence-corrected chi connectivity index (χ1v) is 8.60. The van der Waals surface area contributed by atoms with E-state index in [0.717, 1.165) is 16.0 Å². The van der Waals surface area contributed by atoms with Gasteiger partial charge in [0.15, 0.2) is 6.61 Å². The minimum absolute atomic E-state index is 0.0804. The minimum atomic E-state index is -0.635. The number of ether oxygens (including phenoxy) is 1. The molecule has 0 unspecified atom stereocenters. The fourth-order valence-electron chi connectivity index (χ4n) is 3.07. The first-order valence-electron chi connectivity index (χ1n) is 8.60. The van der Waals surface area contributed by atoms with Gasteiger partial charge in [-0.05, 0) is 31.5 Å². The predicted octanol–water partition coefficient (Wildman–Crippen LogP) is 2.72. The Morgan fingerprint density at radius 2 is 1.59 bits per heavy atom. The van der Waals surface area contributed by atoms with Gasteiger partial charge in [-0.1, -0.05) is 35.9 Å². The van der Waals surface area contributed by atoms with Crippen LogP contribution in [0.15, 0.2) is 42.5 Å². The number of nitrogens with zero attached hydrogens (tertiary/aromatic N) is 1. The Labute approximate surface area is 156 Å². The molecule has 3 rings (SSSR count). The number of fused-ring (bicyclic) bond motifs is 1. The number of amides is 2. The molecule has 2 aromatic rings. The topological polar surface area (TPSA) is 80.8 Å². The van der Waals surface area contributed by atoms with Gasteiger partial charge in [0.05, 0.1) is 17.5 Å². The number of ketones is 1. The van der Waals surface area contributed by atoms with E-state index in [-0.39, 0.29) is 25.4 Å². The molecular weight excluding hydrogens is 346 g/mol. The molecule has 6 heteroatoms. The van der Waals surface area contributed by atoms with Crippen LogP contribution in [0.25, 0.3) is 0 Å². The standard InChI is InChI=1S/C21H19NO5/c1-13-7-8-15(14(2)11-13)18(23)12-27-19(24)9-10-22-20(25)16-5-3-4-6-17(16)21(22)26/h3-8,11H,9-10,12H2,1-2H3. The van der Waals surface area contributed by atoms with E-state index in [4.69, 9.17) is 4.74 Å². The third kappa shape index (κ3) is 3.79. The predicted molar refractivity (Wildman–Crippen MR) is 97.6 cm³/mol. The van der Waals surface area contributed by atoms with Crippen LogP contribution in [0.3, 0.4) is 0 Å². The average Bonchev–Trinajstić information content (AvgIpc) is 2.89. The first kappa shape index (κ1) is 18.5. The van der Waals surface area contributed by atoms with Gasteiger partial charge in [0.1, 0.15) is 0 Å². The number of carbonyl (C=O) groups is 4. The Hall–Kier alpha value is -3.28. The normalized spacial score (nSPS) is 12.9. The number of hydrogen-bond acceptors (Lipinski definition) is 5. The highest BCUT2D eigenvalue weighted by molar-refractivity contribution is 6.21. The van der Waals surface area contributed by atoms with Crippen molar-refractivity contribution >= 4 is 23.6 Å². The zero-order valence-corrected chi connectivity index (χ0v) is 15.2. The van der Waals surface area contributed by atoms with Gasteiger partial charge in [0.2, 0.25) is 5.78 Å². The van der Waals surface area contributed by atoms with Crippen molar-refractivity contribution < 1.29 is 23.9 Å². The number of benzene rings is 2. The second-order valence-corrected chi connectivity index (χ2v) is 6.46. The molecule has 0 N–H and O–H groups in total. The number of Topliss-reactive ketones (excluding diaryl/α,β-unsaturated/α-hetero) is 1. The Kier molecular flexibility index (Phi) is 5.16. The molecule has 0 aromatic heterocycles. The average molecular weight is 365 g/mol. The van der Waals surface area contributed by atoms with Crippen LogP contribution in [0, 0.1) is 13.8 Å². The highest BCUT2D eigenvalue weighted by Crippen LogP contribution is 2.22. The van der Waals surface area contributed by atoms with E-state index in [9.17, 15) is 19.2 Å². The molecule has 0 bridgehead atoms. The monoisotopic (exact) mass is 365 g/mol. The van der Waals surface area contributed by atoms with Crippen LogP contribution >= 0.6 is 0 Å². The van der Waals surface area contributed by atoms with Crippen molar-refractivity contribution in [3.63, 3.8) is 0 Å². The smallest absolute Gasteiger partial charge is 0.308 e. The second-order valence-electron chi connectivity index (χ2n) is 6.46. The Morgan fingerprint density at radius 3 is 2.19 bits per heavy atom. The van der Waals surface area contributed by atoms with Crippen LogP contribution in [0.4, 0.5) is 0 Å². The molecule has 0 fully saturated rings. The largest absolute Gasteiger partial charge is 0.457 e. The molecule has 6 nitrogen and oxygen atoms in total. The minimum Gasteiger partial charge on any atom is -0.457 e. The summed E-state index contributed by atoms with van der Waals surface area (Å²) in [7, 11) is 0. The number of rotatable bonds is 6. The van der Waals surface area contributed by atoms with Crippen molar-refractivity contribution in [3.8, 4) is 0 Å². The summed E-state index contributed by atoms with van der Waals surface area (Å²) in [5.74, 6) is -1.77. The lowest BCUT2D eigenvalue weighted by atomic mass is 10.0. The molecule has 27 heavy (non-hydrogen) atoms. The summed E-state index contributed by atoms with van der Waals surface area (Å²) in [5.41, 5.74) is 3.04. The second kappa shape index (κ2) is 7.53. The maximum absolute atomic E-state index is 12.2. The molecule has 0 aliphatic carbocycles. The van der Waals surface area contributed by atoms with Crippen molar-refractivity contribution in [2.75, 3.05) is 13.2 Å². The third-order valence-electron chi connectivity index (χ3n) is 4.46. The molecule has 2 amide bonds. The summed E-state index contributed by atoms with van der Waals surface area (Å²) in [5, 5.41) is 0. The molecule has 0 spiro atoms. The van der Waals surface area contributed by atoms with Gasteiger partial charge in [0, 0.05) is 12.1 Å². The third-order valence-corrected chi connectivity index (χ3v) is 4.46. The quantitative estimate of drug-likeness (QED) is 0.447. The van der Waals surface area contributed by atoms with E-state index in [2.05, 4.69) is 0 Å². The van der Waals surface area contributed by atoms with Gasteiger partial charge < -0.3 is 4.74 Å². The number of carbonyl (C=O) groups excluding carboxylic acids is 4. The Bertz CT molecular complexity index is 912. The number of imide groups is 1. The van der Waals surface area contributed by atoms with Gasteiger partial charge in [-0.2, -0.15) is 0 Å². The lowest BCUT2D eigenvalue weighted by Crippen LogP contribution is -2.32. The fraction of sp³-hybridized carbons (Fsp3) is 0.238. The first-order chi connectivity index (χ1) is 12.9. The lowest BCUT2D eigenvalue weighted by Gasteiger charge is -2.13. The molecule has 2 aromatic carbocycles. The van der Waals surface area contributed by atoms with E-state index in [1.54, 1.807) is 30.3 Å². The Balaban J connectivity index is 1.53. The zero-order chi connectivity index (χ0) is 19.6. The summed E-state index contributed by atoms with van der Waals surface area (Å²) in [6.07, 6.45) is -0.161. The summed E-state index contributed by atoms with van der Waals surface area (Å²) >= 11 is 0. The van der Waals surface area contributed by atoms with Gasteiger partial charge >= 0.3 is 5.97 Å². The van der Waals surface area contributed by atoms with Gasteiger partial charge in [-0.3, -0.25) is 24.1 Å². The van der Waals surface area contributed by atoms with Gasteiger partial charge in [0.25, 0.3) is 11.8 Å². The number of aryl methyl sites for hydroxylation is 2. The van der Waals surface area contributed by atoms with Crippen LogP contribution in [0.2, 0.25) is 0 Å². The highest BCUT2D eigenvalue weighted by atomic mass is 16.5. The van der Waals surface area contributed by atoms with Crippen molar-refractivity contribution in [1.29, 1.82) is 0 Å². The summed E-state index contributed by atoms with van der Waals surface area (Å²) in [6, 6.07) is 11.9. The van der Waals surface area contributed by atoms with Crippen molar-refractivity contribution in [2.24, 2.45) is 0 Å². The maximum Gasteiger partial charge on any atom is 0.308 e. The summed E-state index contributed by atoms with van der Waals surface area (Å²) in [4.78, 5) is 49.6. The maximum atomic E-state index is 12.2. The molecule has 1 aliphatic heterocycles. The molecule has 0 radical (unpaired) electrons. The van der Waals surface area contributed by atoms with E-state index >= 15 is 0 Å². The van der Waals surface area contributed by atoms with Crippen LogP contribution in [0.5, 0.6) is 0 Å². The van der Waals surface area contributed by atoms with Crippen molar-refractivity contribution in [3.05, 3.63) is 70.3 Å². The van der Waals surface area contributed by atoms with Crippen LogP contribution in [0.1, 0.15) is 48.6 Å². The molecule has 0 atom stereocenters. The molecule has 1 heterocycles. The molecule has 0 saturated carbocycles. The highest BCUT2D eigenvalue weighted by Gasteiger charge is 2.35. The van der Waals surface area contributed by atoms with Crippen molar-refractivity contribution in [2.45, 2.75) is 20.3 Å². The molecular formula is C21H19NO5. The van der Waals surface area contributed by atoms with Crippen LogP contribution < -0.4 is 0 Å². The van der Waals surface area contributed by atoms with E-state index < -0.39 is 17.8 Å². The van der Waals surface area contributed by atoms with Crippen LogP contribution in [-0.2, 0) is 9.53 Å². The molecule has 0 saturated heterocycles. The molecule has 138 valence electrons. The van der Waals surface area contributed by atoms with Crippen LogP contribution in [-0.4, -0.2) is 41.6 Å². The number of esters is 1. The lowest BCUT2D eigenvalue weighted by molar-refractivity contribution is -0.142. The summed E-state index contributed by atoms with van der Waals surface area (Å²) < 4.78 is 5.01. The van der Waals surface area contributed by atoms with Gasteiger partial charge in [-0.15, -0.1) is 0 Å². The van der Waals surface area contributed by atoms with E-state index in [1.807, 2.05) is 26.0 Å². The summed E-state index contributed by atoms with van der Waals surface area (Å²) in [6.45, 7) is 3.30. The van der Waals surface area contributed by atoms with E-state index in [0.29, 0.717) is 16.7 Å². The van der Waals surface area contributed by atoms with Crippen molar-refractivity contribution in [1.82, 2.24) is 4.90 Å². The molecule has 1 aliphatic rings. The van der Waals surface area contributed by atoms with Gasteiger partial charge in [-0.25, -0.2) is 0 Å².